The lowest BCUT2D eigenvalue weighted by molar-refractivity contribution is 0.0746. The van der Waals surface area contributed by atoms with E-state index in [1.54, 1.807) is 41.3 Å². The zero-order valence-corrected chi connectivity index (χ0v) is 18.7. The molecule has 4 rings (SSSR count). The van der Waals surface area contributed by atoms with Gasteiger partial charge >= 0.3 is 0 Å². The highest BCUT2D eigenvalue weighted by Gasteiger charge is 2.24. The summed E-state index contributed by atoms with van der Waals surface area (Å²) in [5.41, 5.74) is 1.57. The van der Waals surface area contributed by atoms with Crippen LogP contribution in [0.5, 0.6) is 5.75 Å². The van der Waals surface area contributed by atoms with E-state index in [-0.39, 0.29) is 16.6 Å². The molecule has 0 spiro atoms. The monoisotopic (exact) mass is 471 g/mol. The molecule has 0 saturated carbocycles. The van der Waals surface area contributed by atoms with E-state index in [0.29, 0.717) is 42.5 Å². The minimum Gasteiger partial charge on any atom is -0.506 e. The second-order valence-electron chi connectivity index (χ2n) is 7.40. The molecule has 3 aromatic rings. The third-order valence-corrected chi connectivity index (χ3v) is 6.95. The van der Waals surface area contributed by atoms with Crippen molar-refractivity contribution in [1.29, 1.82) is 0 Å². The molecule has 1 amide bonds. The van der Waals surface area contributed by atoms with E-state index in [1.807, 2.05) is 17.0 Å². The first-order chi connectivity index (χ1) is 15.3. The standard InChI is InChI=1S/C23H22ClN3O4S/c24-18-7-9-19(10-8-18)25-32(30,31)20-11-5-17(6-12-20)23(29)27-15-13-26(14-16-27)21-3-1-2-4-22(21)28/h1-12,25,28H,13-16H2. The van der Waals surface area contributed by atoms with Crippen molar-refractivity contribution >= 4 is 38.9 Å². The van der Waals surface area contributed by atoms with Gasteiger partial charge in [-0.2, -0.15) is 0 Å². The van der Waals surface area contributed by atoms with Crippen molar-refractivity contribution in [2.45, 2.75) is 4.90 Å². The third-order valence-electron chi connectivity index (χ3n) is 5.30. The quantitative estimate of drug-likeness (QED) is 0.590. The second kappa shape index (κ2) is 9.10. The maximum absolute atomic E-state index is 12.9. The van der Waals surface area contributed by atoms with Crippen LogP contribution in [0, 0.1) is 0 Å². The van der Waals surface area contributed by atoms with Crippen LogP contribution >= 0.6 is 11.6 Å². The molecule has 0 unspecified atom stereocenters. The lowest BCUT2D eigenvalue weighted by Crippen LogP contribution is -2.48. The Kier molecular flexibility index (Phi) is 6.25. The predicted octanol–water partition coefficient (Wildman–Crippen LogP) is 3.81. The van der Waals surface area contributed by atoms with Gasteiger partial charge in [-0.05, 0) is 60.7 Å². The summed E-state index contributed by atoms with van der Waals surface area (Å²) in [6.07, 6.45) is 0. The summed E-state index contributed by atoms with van der Waals surface area (Å²) in [6, 6.07) is 19.4. The van der Waals surface area contributed by atoms with Crippen LogP contribution in [0.2, 0.25) is 5.02 Å². The summed E-state index contributed by atoms with van der Waals surface area (Å²) in [6.45, 7) is 2.21. The van der Waals surface area contributed by atoms with Gasteiger partial charge in [0.25, 0.3) is 15.9 Å². The smallest absolute Gasteiger partial charge is 0.261 e. The number of nitrogens with zero attached hydrogens (tertiary/aromatic N) is 2. The molecule has 1 heterocycles. The zero-order valence-electron chi connectivity index (χ0n) is 17.1. The Morgan fingerprint density at radius 3 is 2.12 bits per heavy atom. The number of nitrogens with one attached hydrogen (secondary N) is 1. The predicted molar refractivity (Wildman–Crippen MR) is 125 cm³/mol. The van der Waals surface area contributed by atoms with Crippen LogP contribution in [-0.4, -0.2) is 50.5 Å². The Morgan fingerprint density at radius 1 is 0.875 bits per heavy atom. The number of amides is 1. The number of benzene rings is 3. The van der Waals surface area contributed by atoms with Crippen molar-refractivity contribution in [3.05, 3.63) is 83.4 Å². The largest absolute Gasteiger partial charge is 0.506 e. The molecule has 32 heavy (non-hydrogen) atoms. The first-order valence-electron chi connectivity index (χ1n) is 10.0. The number of rotatable bonds is 5. The highest BCUT2D eigenvalue weighted by molar-refractivity contribution is 7.92. The number of para-hydroxylation sites is 2. The van der Waals surface area contributed by atoms with Gasteiger partial charge in [-0.1, -0.05) is 23.7 Å². The van der Waals surface area contributed by atoms with Crippen molar-refractivity contribution in [1.82, 2.24) is 4.90 Å². The number of hydrogen-bond acceptors (Lipinski definition) is 5. The fraction of sp³-hybridized carbons (Fsp3) is 0.174. The van der Waals surface area contributed by atoms with Gasteiger partial charge < -0.3 is 14.9 Å². The van der Waals surface area contributed by atoms with Crippen molar-refractivity contribution in [3.63, 3.8) is 0 Å². The first-order valence-corrected chi connectivity index (χ1v) is 11.9. The summed E-state index contributed by atoms with van der Waals surface area (Å²) in [5, 5.41) is 10.5. The number of aromatic hydroxyl groups is 1. The molecule has 1 fully saturated rings. The zero-order chi connectivity index (χ0) is 22.7. The molecule has 0 aromatic heterocycles. The molecule has 1 aliphatic rings. The molecule has 166 valence electrons. The van der Waals surface area contributed by atoms with Gasteiger partial charge in [0.1, 0.15) is 5.75 Å². The Hall–Kier alpha value is -3.23. The fourth-order valence-electron chi connectivity index (χ4n) is 3.57. The first kappa shape index (κ1) is 22.0. The number of carbonyl (C=O) groups is 1. The number of hydrogen-bond donors (Lipinski definition) is 2. The number of sulfonamides is 1. The molecule has 0 radical (unpaired) electrons. The van der Waals surface area contributed by atoms with Crippen LogP contribution in [-0.2, 0) is 10.0 Å². The molecule has 0 bridgehead atoms. The molecule has 2 N–H and O–H groups in total. The molecule has 3 aromatic carbocycles. The average molecular weight is 472 g/mol. The fourth-order valence-corrected chi connectivity index (χ4v) is 4.76. The van der Waals surface area contributed by atoms with Gasteiger partial charge in [-0.15, -0.1) is 0 Å². The van der Waals surface area contributed by atoms with Gasteiger partial charge in [0.15, 0.2) is 0 Å². The van der Waals surface area contributed by atoms with Crippen LogP contribution in [0.15, 0.2) is 77.7 Å². The van der Waals surface area contributed by atoms with Crippen LogP contribution in [0.1, 0.15) is 10.4 Å². The Balaban J connectivity index is 1.40. The normalized spacial score (nSPS) is 14.3. The average Bonchev–Trinajstić information content (AvgIpc) is 2.80. The minimum atomic E-state index is -3.78. The van der Waals surface area contributed by atoms with Gasteiger partial charge in [-0.3, -0.25) is 9.52 Å². The maximum Gasteiger partial charge on any atom is 0.261 e. The number of halogens is 1. The Morgan fingerprint density at radius 2 is 1.50 bits per heavy atom. The molecule has 1 saturated heterocycles. The van der Waals surface area contributed by atoms with E-state index in [4.69, 9.17) is 11.6 Å². The SMILES string of the molecule is O=C(c1ccc(S(=O)(=O)Nc2ccc(Cl)cc2)cc1)N1CCN(c2ccccc2O)CC1. The highest BCUT2D eigenvalue weighted by Crippen LogP contribution is 2.27. The van der Waals surface area contributed by atoms with Crippen LogP contribution in [0.25, 0.3) is 0 Å². The van der Waals surface area contributed by atoms with Crippen molar-refractivity contribution in [2.75, 3.05) is 35.8 Å². The van der Waals surface area contributed by atoms with Crippen LogP contribution < -0.4 is 9.62 Å². The molecule has 1 aliphatic heterocycles. The van der Waals surface area contributed by atoms with E-state index in [9.17, 15) is 18.3 Å². The number of anilines is 2. The lowest BCUT2D eigenvalue weighted by atomic mass is 10.1. The third kappa shape index (κ3) is 4.81. The summed E-state index contributed by atoms with van der Waals surface area (Å²) in [7, 11) is -3.78. The minimum absolute atomic E-state index is 0.0633. The summed E-state index contributed by atoms with van der Waals surface area (Å²) < 4.78 is 27.7. The lowest BCUT2D eigenvalue weighted by Gasteiger charge is -2.36. The summed E-state index contributed by atoms with van der Waals surface area (Å²) in [5.74, 6) is 0.0628. The van der Waals surface area contributed by atoms with E-state index in [0.717, 1.165) is 5.69 Å². The number of carbonyl (C=O) groups excluding carboxylic acids is 1. The number of piperazine rings is 1. The maximum atomic E-state index is 12.9. The topological polar surface area (TPSA) is 90.0 Å². The number of phenolic OH excluding ortho intramolecular Hbond substituents is 1. The van der Waals surface area contributed by atoms with E-state index in [2.05, 4.69) is 4.72 Å². The van der Waals surface area contributed by atoms with Gasteiger partial charge in [0, 0.05) is 42.5 Å². The van der Waals surface area contributed by atoms with Gasteiger partial charge in [-0.25, -0.2) is 8.42 Å². The van der Waals surface area contributed by atoms with E-state index >= 15 is 0 Å². The molecule has 9 heteroatoms. The Bertz CT molecular complexity index is 1210. The van der Waals surface area contributed by atoms with Crippen LogP contribution in [0.3, 0.4) is 0 Å². The molecule has 0 aliphatic carbocycles. The highest BCUT2D eigenvalue weighted by atomic mass is 35.5. The summed E-state index contributed by atoms with van der Waals surface area (Å²) >= 11 is 5.83. The van der Waals surface area contributed by atoms with E-state index < -0.39 is 10.0 Å². The van der Waals surface area contributed by atoms with E-state index in [1.165, 1.54) is 24.3 Å². The summed E-state index contributed by atoms with van der Waals surface area (Å²) in [4.78, 5) is 16.7. The van der Waals surface area contributed by atoms with Gasteiger partial charge in [0.2, 0.25) is 0 Å². The molecular formula is C23H22ClN3O4S. The Labute approximate surface area is 191 Å². The molecule has 7 nitrogen and oxygen atoms in total. The van der Waals surface area contributed by atoms with Crippen molar-refractivity contribution in [2.24, 2.45) is 0 Å². The van der Waals surface area contributed by atoms with Crippen LogP contribution in [0.4, 0.5) is 11.4 Å². The van der Waals surface area contributed by atoms with Gasteiger partial charge in [0.05, 0.1) is 10.6 Å². The van der Waals surface area contributed by atoms with Crippen molar-refractivity contribution < 1.29 is 18.3 Å². The molecule has 0 atom stereocenters. The molecular weight excluding hydrogens is 450 g/mol. The second-order valence-corrected chi connectivity index (χ2v) is 9.52. The number of phenols is 1. The van der Waals surface area contributed by atoms with Crippen molar-refractivity contribution in [3.8, 4) is 5.75 Å².